The smallest absolute Gasteiger partial charge is 0.230 e. The molecule has 7 heteroatoms. The lowest BCUT2D eigenvalue weighted by molar-refractivity contribution is -0.118. The maximum atomic E-state index is 13.3. The van der Waals surface area contributed by atoms with Crippen molar-refractivity contribution in [1.29, 1.82) is 0 Å². The molecule has 0 unspecified atom stereocenters. The molecule has 0 bridgehead atoms. The number of nitrogens with zero attached hydrogens (tertiary/aromatic N) is 3. The minimum atomic E-state index is -0.235. The average molecular weight is 377 g/mol. The number of likely N-dealkylation sites (tertiary alicyclic amines) is 1. The number of halogens is 1. The number of rotatable bonds is 7. The van der Waals surface area contributed by atoms with E-state index in [0.29, 0.717) is 12.3 Å². The van der Waals surface area contributed by atoms with Crippen LogP contribution in [0.25, 0.3) is 0 Å². The Balaban J connectivity index is 1.59. The molecular formula is C19H25FN4OS. The third-order valence-electron chi connectivity index (χ3n) is 4.69. The number of hydrogen-bond donors (Lipinski definition) is 1. The standard InChI is InChI=1S/C19H25FN4OS/c1-23-12-9-21-19(23)26-14-18(25)22-13-17(24-10-3-2-4-11-24)15-5-7-16(20)8-6-15/h5-9,12,17H,2-4,10-11,13-14H2,1H3,(H,22,25)/t17-/m0/s1. The number of benzene rings is 1. The van der Waals surface area contributed by atoms with E-state index in [1.54, 1.807) is 6.20 Å². The molecular weight excluding hydrogens is 351 g/mol. The van der Waals surface area contributed by atoms with Gasteiger partial charge in [-0.3, -0.25) is 9.69 Å². The number of amides is 1. The van der Waals surface area contributed by atoms with Crippen molar-refractivity contribution < 1.29 is 9.18 Å². The quantitative estimate of drug-likeness (QED) is 0.755. The normalized spacial score (nSPS) is 16.4. The molecule has 2 aromatic rings. The minimum Gasteiger partial charge on any atom is -0.353 e. The summed E-state index contributed by atoms with van der Waals surface area (Å²) >= 11 is 1.42. The molecule has 1 N–H and O–H groups in total. The van der Waals surface area contributed by atoms with Gasteiger partial charge in [-0.25, -0.2) is 9.37 Å². The lowest BCUT2D eigenvalue weighted by atomic mass is 10.0. The van der Waals surface area contributed by atoms with Gasteiger partial charge in [-0.2, -0.15) is 0 Å². The van der Waals surface area contributed by atoms with E-state index in [1.807, 2.05) is 29.9 Å². The van der Waals surface area contributed by atoms with Crippen molar-refractivity contribution in [3.05, 3.63) is 48.0 Å². The Labute approximate surface area is 158 Å². The maximum absolute atomic E-state index is 13.3. The van der Waals surface area contributed by atoms with Crippen LogP contribution in [0.3, 0.4) is 0 Å². The van der Waals surface area contributed by atoms with Crippen LogP contribution in [0.2, 0.25) is 0 Å². The molecule has 1 atom stereocenters. The van der Waals surface area contributed by atoms with Crippen LogP contribution in [-0.2, 0) is 11.8 Å². The van der Waals surface area contributed by atoms with Gasteiger partial charge in [0.05, 0.1) is 11.8 Å². The number of carbonyl (C=O) groups is 1. The zero-order valence-electron chi connectivity index (χ0n) is 15.0. The second-order valence-corrected chi connectivity index (χ2v) is 7.52. The second-order valence-electron chi connectivity index (χ2n) is 6.58. The summed E-state index contributed by atoms with van der Waals surface area (Å²) in [5.41, 5.74) is 1.05. The lowest BCUT2D eigenvalue weighted by Gasteiger charge is -2.35. The number of thioether (sulfide) groups is 1. The topological polar surface area (TPSA) is 50.2 Å². The van der Waals surface area contributed by atoms with Crippen LogP contribution in [0.5, 0.6) is 0 Å². The Morgan fingerprint density at radius 2 is 2.00 bits per heavy atom. The highest BCUT2D eigenvalue weighted by molar-refractivity contribution is 7.99. The summed E-state index contributed by atoms with van der Waals surface area (Å²) in [6.07, 6.45) is 7.17. The zero-order chi connectivity index (χ0) is 18.4. The SMILES string of the molecule is Cn1ccnc1SCC(=O)NC[C@@H](c1ccc(F)cc1)N1CCCCC1. The molecule has 1 aliphatic heterocycles. The highest BCUT2D eigenvalue weighted by Crippen LogP contribution is 2.24. The van der Waals surface area contributed by atoms with E-state index in [4.69, 9.17) is 0 Å². The first-order valence-corrected chi connectivity index (χ1v) is 9.98. The van der Waals surface area contributed by atoms with Crippen LogP contribution in [0.4, 0.5) is 4.39 Å². The number of aryl methyl sites for hydroxylation is 1. The van der Waals surface area contributed by atoms with Crippen LogP contribution in [-0.4, -0.2) is 45.7 Å². The first kappa shape index (κ1) is 18.9. The molecule has 1 saturated heterocycles. The summed E-state index contributed by atoms with van der Waals surface area (Å²) in [6.45, 7) is 2.56. The van der Waals surface area contributed by atoms with E-state index in [9.17, 15) is 9.18 Å². The van der Waals surface area contributed by atoms with E-state index in [1.165, 1.54) is 43.2 Å². The Morgan fingerprint density at radius 3 is 2.65 bits per heavy atom. The molecule has 26 heavy (non-hydrogen) atoms. The lowest BCUT2D eigenvalue weighted by Crippen LogP contribution is -2.41. The fourth-order valence-corrected chi connectivity index (χ4v) is 4.02. The van der Waals surface area contributed by atoms with Crippen molar-refractivity contribution in [1.82, 2.24) is 19.8 Å². The Morgan fingerprint density at radius 1 is 1.27 bits per heavy atom. The molecule has 0 aliphatic carbocycles. The monoisotopic (exact) mass is 376 g/mol. The number of nitrogens with one attached hydrogen (secondary N) is 1. The fourth-order valence-electron chi connectivity index (χ4n) is 3.26. The van der Waals surface area contributed by atoms with Crippen LogP contribution in [0.1, 0.15) is 30.9 Å². The number of hydrogen-bond acceptors (Lipinski definition) is 4. The Kier molecular flexibility index (Phi) is 6.68. The summed E-state index contributed by atoms with van der Waals surface area (Å²) in [4.78, 5) is 18.9. The molecule has 3 rings (SSSR count). The van der Waals surface area contributed by atoms with Crippen molar-refractivity contribution in [3.8, 4) is 0 Å². The van der Waals surface area contributed by atoms with Crippen molar-refractivity contribution >= 4 is 17.7 Å². The third-order valence-corrected chi connectivity index (χ3v) is 5.75. The molecule has 1 aliphatic rings. The highest BCUT2D eigenvalue weighted by atomic mass is 32.2. The molecule has 1 amide bonds. The second kappa shape index (κ2) is 9.19. The van der Waals surface area contributed by atoms with Gasteiger partial charge >= 0.3 is 0 Å². The number of carbonyl (C=O) groups excluding carboxylic acids is 1. The molecule has 140 valence electrons. The average Bonchev–Trinajstić information content (AvgIpc) is 3.07. The van der Waals surface area contributed by atoms with Crippen LogP contribution >= 0.6 is 11.8 Å². The predicted molar refractivity (Wildman–Crippen MR) is 102 cm³/mol. The molecule has 0 saturated carbocycles. The summed E-state index contributed by atoms with van der Waals surface area (Å²) in [6, 6.07) is 6.71. The van der Waals surface area contributed by atoms with Crippen molar-refractivity contribution in [2.75, 3.05) is 25.4 Å². The van der Waals surface area contributed by atoms with Gasteiger partial charge in [0.15, 0.2) is 5.16 Å². The molecule has 1 aromatic carbocycles. The number of aromatic nitrogens is 2. The zero-order valence-corrected chi connectivity index (χ0v) is 15.8. The van der Waals surface area contributed by atoms with E-state index in [2.05, 4.69) is 15.2 Å². The summed E-state index contributed by atoms with van der Waals surface area (Å²) in [5.74, 6) is 0.0878. The van der Waals surface area contributed by atoms with E-state index < -0.39 is 0 Å². The summed E-state index contributed by atoms with van der Waals surface area (Å²) in [5, 5.41) is 3.87. The molecule has 1 fully saturated rings. The number of imidazole rings is 1. The Hall–Kier alpha value is -1.86. The fraction of sp³-hybridized carbons (Fsp3) is 0.474. The molecule has 2 heterocycles. The van der Waals surface area contributed by atoms with Crippen LogP contribution in [0, 0.1) is 5.82 Å². The summed E-state index contributed by atoms with van der Waals surface area (Å²) < 4.78 is 15.2. The largest absolute Gasteiger partial charge is 0.353 e. The van der Waals surface area contributed by atoms with Crippen molar-refractivity contribution in [2.45, 2.75) is 30.5 Å². The Bertz CT molecular complexity index is 713. The van der Waals surface area contributed by atoms with Gasteiger partial charge < -0.3 is 9.88 Å². The van der Waals surface area contributed by atoms with E-state index >= 15 is 0 Å². The predicted octanol–water partition coefficient (Wildman–Crippen LogP) is 2.99. The molecule has 5 nitrogen and oxygen atoms in total. The maximum Gasteiger partial charge on any atom is 0.230 e. The van der Waals surface area contributed by atoms with Gasteiger partial charge in [0.25, 0.3) is 0 Å². The first-order valence-electron chi connectivity index (χ1n) is 9.00. The van der Waals surface area contributed by atoms with Gasteiger partial charge in [-0.1, -0.05) is 30.3 Å². The van der Waals surface area contributed by atoms with Gasteiger partial charge in [0.2, 0.25) is 5.91 Å². The minimum absolute atomic E-state index is 0.0119. The van der Waals surface area contributed by atoms with Crippen molar-refractivity contribution in [3.63, 3.8) is 0 Å². The number of piperidine rings is 1. The third kappa shape index (κ3) is 5.08. The molecule has 0 radical (unpaired) electrons. The molecule has 1 aromatic heterocycles. The van der Waals surface area contributed by atoms with Gasteiger partial charge in [-0.05, 0) is 43.6 Å². The summed E-state index contributed by atoms with van der Waals surface area (Å²) in [7, 11) is 1.91. The van der Waals surface area contributed by atoms with E-state index in [-0.39, 0.29) is 17.8 Å². The first-order chi connectivity index (χ1) is 12.6. The van der Waals surface area contributed by atoms with Crippen LogP contribution < -0.4 is 5.32 Å². The van der Waals surface area contributed by atoms with Crippen LogP contribution in [0.15, 0.2) is 41.8 Å². The van der Waals surface area contributed by atoms with E-state index in [0.717, 1.165) is 23.8 Å². The van der Waals surface area contributed by atoms with Gasteiger partial charge in [-0.15, -0.1) is 0 Å². The van der Waals surface area contributed by atoms with Gasteiger partial charge in [0, 0.05) is 26.0 Å². The molecule has 0 spiro atoms. The van der Waals surface area contributed by atoms with Gasteiger partial charge in [0.1, 0.15) is 5.82 Å². The highest BCUT2D eigenvalue weighted by Gasteiger charge is 2.23. The van der Waals surface area contributed by atoms with Crippen molar-refractivity contribution in [2.24, 2.45) is 7.05 Å².